The summed E-state index contributed by atoms with van der Waals surface area (Å²) >= 11 is 1.46. The average molecular weight is 400 g/mol. The number of nitrogens with one attached hydrogen (secondary N) is 1. The highest BCUT2D eigenvalue weighted by molar-refractivity contribution is 8.00. The molecule has 1 N–H and O–H groups in total. The van der Waals surface area contributed by atoms with Crippen LogP contribution < -0.4 is 5.32 Å². The number of hydrogen-bond acceptors (Lipinski definition) is 5. The normalized spacial score (nSPS) is 17.6. The van der Waals surface area contributed by atoms with Gasteiger partial charge < -0.3 is 10.2 Å². The van der Waals surface area contributed by atoms with Crippen LogP contribution in [-0.2, 0) is 9.59 Å². The van der Waals surface area contributed by atoms with Crippen molar-refractivity contribution in [1.29, 1.82) is 0 Å². The second kappa shape index (κ2) is 7.95. The Morgan fingerprint density at radius 2 is 1.96 bits per heavy atom. The highest BCUT2D eigenvalue weighted by atomic mass is 32.2. The van der Waals surface area contributed by atoms with Gasteiger partial charge in [-0.15, -0.1) is 10.2 Å². The van der Waals surface area contributed by atoms with Crippen LogP contribution in [0.5, 0.6) is 0 Å². The van der Waals surface area contributed by atoms with Crippen molar-refractivity contribution in [1.82, 2.24) is 19.7 Å². The highest BCUT2D eigenvalue weighted by Crippen LogP contribution is 2.41. The number of amides is 2. The van der Waals surface area contributed by atoms with Crippen LogP contribution in [-0.4, -0.2) is 49.8 Å². The van der Waals surface area contributed by atoms with Crippen molar-refractivity contribution in [3.05, 3.63) is 30.1 Å². The lowest BCUT2D eigenvalue weighted by atomic mass is 10.2. The summed E-state index contributed by atoms with van der Waals surface area (Å²) < 4.78 is 2.04. The summed E-state index contributed by atoms with van der Waals surface area (Å²) in [6, 6.07) is 7.67. The Morgan fingerprint density at radius 3 is 2.64 bits per heavy atom. The van der Waals surface area contributed by atoms with E-state index in [0.29, 0.717) is 5.92 Å². The third-order valence-corrected chi connectivity index (χ3v) is 6.10. The zero-order valence-corrected chi connectivity index (χ0v) is 17.0. The predicted octanol–water partition coefficient (Wildman–Crippen LogP) is 3.21. The van der Waals surface area contributed by atoms with Crippen molar-refractivity contribution < 1.29 is 9.59 Å². The van der Waals surface area contributed by atoms with E-state index in [-0.39, 0.29) is 17.1 Å². The highest BCUT2D eigenvalue weighted by Gasteiger charge is 2.32. The summed E-state index contributed by atoms with van der Waals surface area (Å²) in [6.45, 7) is 5.13. The maximum atomic E-state index is 12.7. The molecule has 0 radical (unpaired) electrons. The van der Waals surface area contributed by atoms with Gasteiger partial charge in [-0.3, -0.25) is 14.2 Å². The van der Waals surface area contributed by atoms with Gasteiger partial charge in [0.1, 0.15) is 5.82 Å². The van der Waals surface area contributed by atoms with E-state index in [1.807, 2.05) is 40.7 Å². The first kappa shape index (κ1) is 19.0. The summed E-state index contributed by atoms with van der Waals surface area (Å²) in [4.78, 5) is 26.1. The molecule has 28 heavy (non-hydrogen) atoms. The molecule has 8 heteroatoms. The van der Waals surface area contributed by atoms with Gasteiger partial charge in [0.25, 0.3) is 0 Å². The maximum Gasteiger partial charge on any atom is 0.235 e. The molecule has 2 fully saturated rings. The van der Waals surface area contributed by atoms with Crippen molar-refractivity contribution in [3.63, 3.8) is 0 Å². The van der Waals surface area contributed by atoms with Crippen molar-refractivity contribution in [2.45, 2.75) is 55.9 Å². The van der Waals surface area contributed by atoms with Crippen molar-refractivity contribution >= 4 is 29.3 Å². The minimum absolute atomic E-state index is 0.109. The van der Waals surface area contributed by atoms with Crippen LogP contribution in [0.3, 0.4) is 0 Å². The minimum Gasteiger partial charge on any atom is -0.342 e. The second-order valence-corrected chi connectivity index (χ2v) is 8.78. The van der Waals surface area contributed by atoms with Gasteiger partial charge in [-0.05, 0) is 50.8 Å². The first-order chi connectivity index (χ1) is 13.5. The zero-order valence-electron chi connectivity index (χ0n) is 16.2. The minimum atomic E-state index is -0.216. The van der Waals surface area contributed by atoms with Gasteiger partial charge in [0.15, 0.2) is 5.16 Å². The van der Waals surface area contributed by atoms with E-state index in [0.717, 1.165) is 61.1 Å². The second-order valence-electron chi connectivity index (χ2n) is 7.47. The van der Waals surface area contributed by atoms with Crippen molar-refractivity contribution in [2.75, 3.05) is 18.4 Å². The number of hydrogen-bond donors (Lipinski definition) is 1. The molecule has 1 atom stereocenters. The Bertz CT molecular complexity index is 886. The van der Waals surface area contributed by atoms with Crippen LogP contribution in [0, 0.1) is 0 Å². The van der Waals surface area contributed by atoms with Gasteiger partial charge in [-0.1, -0.05) is 17.8 Å². The van der Waals surface area contributed by atoms with Crippen LogP contribution >= 0.6 is 11.8 Å². The molecule has 1 saturated heterocycles. The van der Waals surface area contributed by atoms with Crippen molar-refractivity contribution in [2.24, 2.45) is 0 Å². The predicted molar refractivity (Wildman–Crippen MR) is 109 cm³/mol. The summed E-state index contributed by atoms with van der Waals surface area (Å²) in [5.41, 5.74) is 1.64. The molecule has 148 valence electrons. The van der Waals surface area contributed by atoms with Gasteiger partial charge in [-0.2, -0.15) is 0 Å². The summed E-state index contributed by atoms with van der Waals surface area (Å²) in [6.07, 6.45) is 4.38. The molecule has 0 bridgehead atoms. The van der Waals surface area contributed by atoms with E-state index in [1.165, 1.54) is 18.7 Å². The van der Waals surface area contributed by atoms with Gasteiger partial charge in [0, 0.05) is 31.6 Å². The number of anilines is 1. The fourth-order valence-electron chi connectivity index (χ4n) is 3.54. The molecule has 1 aliphatic heterocycles. The Morgan fingerprint density at radius 1 is 1.21 bits per heavy atom. The van der Waals surface area contributed by atoms with Gasteiger partial charge in [0.05, 0.1) is 10.9 Å². The van der Waals surface area contributed by atoms with Crippen LogP contribution in [0.2, 0.25) is 0 Å². The number of thioether (sulfide) groups is 1. The molecule has 7 nitrogen and oxygen atoms in total. The SMILES string of the molecule is CC(=O)Nc1cccc(-n2c(SC(C)C(=O)N3CCCC3)nnc2C2CC2)c1. The van der Waals surface area contributed by atoms with Crippen LogP contribution in [0.25, 0.3) is 5.69 Å². The van der Waals surface area contributed by atoms with Gasteiger partial charge in [-0.25, -0.2) is 0 Å². The Labute approximate surface area is 168 Å². The molecular weight excluding hydrogens is 374 g/mol. The Balaban J connectivity index is 1.62. The molecule has 1 aliphatic carbocycles. The quantitative estimate of drug-likeness (QED) is 0.755. The fraction of sp³-hybridized carbons (Fsp3) is 0.500. The van der Waals surface area contributed by atoms with E-state index in [9.17, 15) is 9.59 Å². The monoisotopic (exact) mass is 399 g/mol. The molecule has 2 aliphatic rings. The lowest BCUT2D eigenvalue weighted by Gasteiger charge is -2.20. The zero-order chi connectivity index (χ0) is 19.7. The molecular formula is C20H25N5O2S. The third-order valence-electron chi connectivity index (χ3n) is 5.07. The molecule has 1 unspecified atom stereocenters. The molecule has 4 rings (SSSR count). The lowest BCUT2D eigenvalue weighted by Crippen LogP contribution is -2.34. The lowest BCUT2D eigenvalue weighted by molar-refractivity contribution is -0.129. The third kappa shape index (κ3) is 4.06. The van der Waals surface area contributed by atoms with E-state index >= 15 is 0 Å². The number of aromatic nitrogens is 3. The van der Waals surface area contributed by atoms with Gasteiger partial charge in [0.2, 0.25) is 11.8 Å². The number of likely N-dealkylation sites (tertiary alicyclic amines) is 1. The summed E-state index contributed by atoms with van der Waals surface area (Å²) in [7, 11) is 0. The smallest absolute Gasteiger partial charge is 0.235 e. The number of carbonyl (C=O) groups is 2. The fourth-order valence-corrected chi connectivity index (χ4v) is 4.49. The number of rotatable bonds is 6. The molecule has 2 amide bonds. The van der Waals surface area contributed by atoms with E-state index < -0.39 is 0 Å². The van der Waals surface area contributed by atoms with Crippen LogP contribution in [0.4, 0.5) is 5.69 Å². The summed E-state index contributed by atoms with van der Waals surface area (Å²) in [5.74, 6) is 1.40. The number of benzene rings is 1. The van der Waals surface area contributed by atoms with E-state index in [1.54, 1.807) is 0 Å². The molecule has 1 aromatic heterocycles. The standard InChI is InChI=1S/C20H25N5O2S/c1-13(19(27)24-10-3-4-11-24)28-20-23-22-18(15-8-9-15)25(20)17-7-5-6-16(12-17)21-14(2)26/h5-7,12-13,15H,3-4,8-11H2,1-2H3,(H,21,26). The Kier molecular flexibility index (Phi) is 5.39. The summed E-state index contributed by atoms with van der Waals surface area (Å²) in [5, 5.41) is 12.2. The maximum absolute atomic E-state index is 12.7. The number of nitrogens with zero attached hydrogens (tertiary/aromatic N) is 4. The Hall–Kier alpha value is -2.35. The van der Waals surface area contributed by atoms with Crippen LogP contribution in [0.1, 0.15) is 51.3 Å². The molecule has 0 spiro atoms. The van der Waals surface area contributed by atoms with E-state index in [4.69, 9.17) is 0 Å². The van der Waals surface area contributed by atoms with Crippen molar-refractivity contribution in [3.8, 4) is 5.69 Å². The molecule has 1 aromatic carbocycles. The number of carbonyl (C=O) groups excluding carboxylic acids is 2. The topological polar surface area (TPSA) is 80.1 Å². The van der Waals surface area contributed by atoms with Crippen LogP contribution in [0.15, 0.2) is 29.4 Å². The molecule has 1 saturated carbocycles. The average Bonchev–Trinajstić information content (AvgIpc) is 3.20. The molecule has 2 heterocycles. The largest absolute Gasteiger partial charge is 0.342 e. The molecule has 2 aromatic rings. The van der Waals surface area contributed by atoms with Gasteiger partial charge >= 0.3 is 0 Å². The van der Waals surface area contributed by atoms with E-state index in [2.05, 4.69) is 15.5 Å². The first-order valence-corrected chi connectivity index (χ1v) is 10.7. The first-order valence-electron chi connectivity index (χ1n) is 9.81.